The Bertz CT molecular complexity index is 1020. The maximum atomic E-state index is 13.1. The summed E-state index contributed by atoms with van der Waals surface area (Å²) in [7, 11) is 0. The lowest BCUT2D eigenvalue weighted by Crippen LogP contribution is -2.52. The Hall–Kier alpha value is -3.03. The molecule has 2 aromatic rings. The summed E-state index contributed by atoms with van der Waals surface area (Å²) in [6, 6.07) is 13.4. The number of nitrogens with one attached hydrogen (secondary N) is 2. The summed E-state index contributed by atoms with van der Waals surface area (Å²) in [5.74, 6) is -0.809. The first-order valence-electron chi connectivity index (χ1n) is 10.6. The van der Waals surface area contributed by atoms with Crippen molar-refractivity contribution in [3.05, 3.63) is 70.3 Å². The molecule has 0 spiro atoms. The van der Waals surface area contributed by atoms with E-state index in [1.807, 2.05) is 44.2 Å². The van der Waals surface area contributed by atoms with Crippen molar-refractivity contribution in [2.45, 2.75) is 57.9 Å². The fourth-order valence-corrected chi connectivity index (χ4v) is 4.23. The van der Waals surface area contributed by atoms with Crippen LogP contribution in [0.2, 0.25) is 0 Å². The van der Waals surface area contributed by atoms with E-state index in [0.29, 0.717) is 31.6 Å². The van der Waals surface area contributed by atoms with Gasteiger partial charge in [-0.25, -0.2) is 0 Å². The Labute approximate surface area is 182 Å². The van der Waals surface area contributed by atoms with Gasteiger partial charge < -0.3 is 16.0 Å². The minimum atomic E-state index is -0.594. The Balaban J connectivity index is 1.42. The van der Waals surface area contributed by atoms with Gasteiger partial charge in [0.05, 0.1) is 0 Å². The molecule has 2 aromatic carbocycles. The summed E-state index contributed by atoms with van der Waals surface area (Å²) in [4.78, 5) is 38.4. The normalized spacial score (nSPS) is 18.9. The topological polar surface area (TPSA) is 105 Å². The highest BCUT2D eigenvalue weighted by Gasteiger charge is 2.39. The second-order valence-corrected chi connectivity index (χ2v) is 8.87. The predicted octanol–water partition coefficient (Wildman–Crippen LogP) is 1.93. The maximum Gasteiger partial charge on any atom is 0.255 e. The lowest BCUT2D eigenvalue weighted by atomic mass is 9.95. The number of nitrogens with two attached hydrogens (primary N) is 1. The quantitative estimate of drug-likeness (QED) is 0.620. The number of piperidine rings is 1. The average molecular weight is 421 g/mol. The highest BCUT2D eigenvalue weighted by Crippen LogP contribution is 2.29. The number of carbonyl (C=O) groups excluding carboxylic acids is 3. The Morgan fingerprint density at radius 1 is 1.10 bits per heavy atom. The van der Waals surface area contributed by atoms with Crippen LogP contribution in [-0.4, -0.2) is 28.7 Å². The van der Waals surface area contributed by atoms with Crippen molar-refractivity contribution >= 4 is 17.7 Å². The molecule has 3 amide bonds. The standard InChI is InChI=1S/C24H28N4O3/c1-24(2,25)18-8-6-15(7-9-18)12-26-13-16-4-3-5-17-14-28(23(31)21(16)17)19-10-11-20(29)27-22(19)30/h3-9,19,26H,10-14,25H2,1-2H3,(H,27,29,30). The zero-order valence-electron chi connectivity index (χ0n) is 17.9. The molecule has 31 heavy (non-hydrogen) atoms. The second kappa shape index (κ2) is 8.24. The van der Waals surface area contributed by atoms with Crippen molar-refractivity contribution in [1.29, 1.82) is 0 Å². The minimum Gasteiger partial charge on any atom is -0.322 e. The third-order valence-corrected chi connectivity index (χ3v) is 5.98. The molecule has 1 saturated heterocycles. The predicted molar refractivity (Wildman–Crippen MR) is 117 cm³/mol. The van der Waals surface area contributed by atoms with Crippen LogP contribution in [0.25, 0.3) is 0 Å². The molecule has 1 unspecified atom stereocenters. The third-order valence-electron chi connectivity index (χ3n) is 5.98. The van der Waals surface area contributed by atoms with Crippen LogP contribution in [0, 0.1) is 0 Å². The van der Waals surface area contributed by atoms with Gasteiger partial charge in [0.1, 0.15) is 6.04 Å². The zero-order chi connectivity index (χ0) is 22.2. The molecule has 4 rings (SSSR count). The van der Waals surface area contributed by atoms with Gasteiger partial charge in [0.2, 0.25) is 11.8 Å². The van der Waals surface area contributed by atoms with Crippen molar-refractivity contribution in [3.8, 4) is 0 Å². The highest BCUT2D eigenvalue weighted by atomic mass is 16.2. The number of rotatable bonds is 6. The summed E-state index contributed by atoms with van der Waals surface area (Å²) < 4.78 is 0. The van der Waals surface area contributed by atoms with Crippen molar-refractivity contribution < 1.29 is 14.4 Å². The van der Waals surface area contributed by atoms with Crippen molar-refractivity contribution in [1.82, 2.24) is 15.5 Å². The minimum absolute atomic E-state index is 0.142. The summed E-state index contributed by atoms with van der Waals surface area (Å²) in [5, 5.41) is 5.75. The van der Waals surface area contributed by atoms with Crippen LogP contribution in [-0.2, 0) is 34.8 Å². The van der Waals surface area contributed by atoms with Gasteiger partial charge in [-0.3, -0.25) is 19.7 Å². The smallest absolute Gasteiger partial charge is 0.255 e. The summed E-state index contributed by atoms with van der Waals surface area (Å²) in [5.41, 5.74) is 10.5. The molecular weight excluding hydrogens is 392 g/mol. The SMILES string of the molecule is CC(C)(N)c1ccc(CNCc2cccc3c2C(=O)N(C2CCC(=O)NC2=O)C3)cc1. The van der Waals surface area contributed by atoms with Crippen LogP contribution >= 0.6 is 0 Å². The molecule has 0 aromatic heterocycles. The summed E-state index contributed by atoms with van der Waals surface area (Å²) >= 11 is 0. The molecule has 2 aliphatic heterocycles. The fraction of sp³-hybridized carbons (Fsp3) is 0.375. The molecule has 0 radical (unpaired) electrons. The van der Waals surface area contributed by atoms with Crippen molar-refractivity contribution in [2.75, 3.05) is 0 Å². The van der Waals surface area contributed by atoms with E-state index in [1.54, 1.807) is 4.90 Å². The number of hydrogen-bond acceptors (Lipinski definition) is 5. The van der Waals surface area contributed by atoms with Gasteiger partial charge in [0, 0.05) is 37.2 Å². The molecule has 7 nitrogen and oxygen atoms in total. The molecule has 2 aliphatic rings. The number of amides is 3. The van der Waals surface area contributed by atoms with Crippen molar-refractivity contribution in [3.63, 3.8) is 0 Å². The third kappa shape index (κ3) is 4.38. The molecule has 162 valence electrons. The van der Waals surface area contributed by atoms with Gasteiger partial charge in [0.25, 0.3) is 5.91 Å². The zero-order valence-corrected chi connectivity index (χ0v) is 17.9. The van der Waals surface area contributed by atoms with Crippen LogP contribution in [0.5, 0.6) is 0 Å². The van der Waals surface area contributed by atoms with Gasteiger partial charge in [0.15, 0.2) is 0 Å². The molecular formula is C24H28N4O3. The lowest BCUT2D eigenvalue weighted by Gasteiger charge is -2.29. The molecule has 0 bridgehead atoms. The molecule has 1 fully saturated rings. The summed E-state index contributed by atoms with van der Waals surface area (Å²) in [6.45, 7) is 5.56. The summed E-state index contributed by atoms with van der Waals surface area (Å²) in [6.07, 6.45) is 0.624. The van der Waals surface area contributed by atoms with E-state index in [4.69, 9.17) is 5.73 Å². The van der Waals surface area contributed by atoms with Crippen LogP contribution in [0.3, 0.4) is 0 Å². The lowest BCUT2D eigenvalue weighted by molar-refractivity contribution is -0.136. The van der Waals surface area contributed by atoms with Crippen LogP contribution < -0.4 is 16.4 Å². The number of hydrogen-bond donors (Lipinski definition) is 3. The fourth-order valence-electron chi connectivity index (χ4n) is 4.23. The van der Waals surface area contributed by atoms with Crippen LogP contribution in [0.15, 0.2) is 42.5 Å². The van der Waals surface area contributed by atoms with E-state index in [0.717, 1.165) is 22.3 Å². The maximum absolute atomic E-state index is 13.1. The second-order valence-electron chi connectivity index (χ2n) is 8.87. The molecule has 4 N–H and O–H groups in total. The number of carbonyl (C=O) groups is 3. The monoisotopic (exact) mass is 420 g/mol. The molecule has 7 heteroatoms. The van der Waals surface area contributed by atoms with E-state index < -0.39 is 6.04 Å². The largest absolute Gasteiger partial charge is 0.322 e. The van der Waals surface area contributed by atoms with Gasteiger partial charge in [-0.05, 0) is 42.5 Å². The molecule has 0 aliphatic carbocycles. The Morgan fingerprint density at radius 2 is 1.84 bits per heavy atom. The van der Waals surface area contributed by atoms with E-state index in [2.05, 4.69) is 22.8 Å². The first-order chi connectivity index (χ1) is 14.7. The van der Waals surface area contributed by atoms with E-state index in [-0.39, 0.29) is 29.7 Å². The molecule has 2 heterocycles. The Kier molecular flexibility index (Phi) is 5.64. The number of imide groups is 1. The van der Waals surface area contributed by atoms with Gasteiger partial charge >= 0.3 is 0 Å². The van der Waals surface area contributed by atoms with E-state index >= 15 is 0 Å². The van der Waals surface area contributed by atoms with Crippen LogP contribution in [0.1, 0.15) is 59.3 Å². The number of fused-ring (bicyclic) bond motifs is 1. The van der Waals surface area contributed by atoms with Crippen LogP contribution in [0.4, 0.5) is 0 Å². The molecule has 1 atom stereocenters. The molecule has 0 saturated carbocycles. The van der Waals surface area contributed by atoms with E-state index in [1.165, 1.54) is 0 Å². The number of nitrogens with zero attached hydrogens (tertiary/aromatic N) is 1. The first kappa shape index (κ1) is 21.2. The van der Waals surface area contributed by atoms with Gasteiger partial charge in [-0.15, -0.1) is 0 Å². The number of benzene rings is 2. The van der Waals surface area contributed by atoms with E-state index in [9.17, 15) is 14.4 Å². The van der Waals surface area contributed by atoms with Gasteiger partial charge in [-0.1, -0.05) is 42.5 Å². The average Bonchev–Trinajstić information content (AvgIpc) is 3.05. The van der Waals surface area contributed by atoms with Gasteiger partial charge in [-0.2, -0.15) is 0 Å². The first-order valence-corrected chi connectivity index (χ1v) is 10.6. The highest BCUT2D eigenvalue weighted by molar-refractivity contribution is 6.05. The Morgan fingerprint density at radius 3 is 2.52 bits per heavy atom. The van der Waals surface area contributed by atoms with Crippen molar-refractivity contribution in [2.24, 2.45) is 5.73 Å².